The van der Waals surface area contributed by atoms with Gasteiger partial charge >= 0.3 is 5.97 Å². The first-order valence-electron chi connectivity index (χ1n) is 7.35. The van der Waals surface area contributed by atoms with Crippen LogP contribution < -0.4 is 14.2 Å². The van der Waals surface area contributed by atoms with E-state index in [2.05, 4.69) is 0 Å². The van der Waals surface area contributed by atoms with Crippen molar-refractivity contribution < 1.29 is 23.9 Å². The van der Waals surface area contributed by atoms with Gasteiger partial charge in [-0.15, -0.1) is 0 Å². The summed E-state index contributed by atoms with van der Waals surface area (Å²) in [6, 6.07) is 12.1. The maximum absolute atomic E-state index is 11.9. The second kappa shape index (κ2) is 8.84. The van der Waals surface area contributed by atoms with Crippen LogP contribution in [0, 0.1) is 21.4 Å². The van der Waals surface area contributed by atoms with Crippen molar-refractivity contribution in [1.82, 2.24) is 0 Å². The van der Waals surface area contributed by atoms with Crippen LogP contribution in [0.3, 0.4) is 0 Å². The number of esters is 1. The van der Waals surface area contributed by atoms with Crippen LogP contribution in [0.1, 0.15) is 5.56 Å². The lowest BCUT2D eigenvalue weighted by atomic mass is 10.2. The lowest BCUT2D eigenvalue weighted by Crippen LogP contribution is -2.04. The second-order valence-corrected chi connectivity index (χ2v) is 4.87. The molecule has 0 saturated carbocycles. The molecule has 0 spiro atoms. The molecule has 0 fully saturated rings. The lowest BCUT2D eigenvalue weighted by molar-refractivity contribution is -0.384. The van der Waals surface area contributed by atoms with E-state index in [1.807, 2.05) is 6.07 Å². The molecule has 8 nitrogen and oxygen atoms in total. The van der Waals surface area contributed by atoms with Gasteiger partial charge < -0.3 is 14.2 Å². The molecule has 0 amide bonds. The molecule has 0 unspecified atom stereocenters. The van der Waals surface area contributed by atoms with Gasteiger partial charge in [-0.3, -0.25) is 10.1 Å². The van der Waals surface area contributed by atoms with Crippen LogP contribution in [-0.4, -0.2) is 24.6 Å². The third-order valence-corrected chi connectivity index (χ3v) is 3.14. The van der Waals surface area contributed by atoms with Crippen molar-refractivity contribution >= 4 is 17.7 Å². The van der Waals surface area contributed by atoms with Crippen molar-refractivity contribution in [3.63, 3.8) is 0 Å². The van der Waals surface area contributed by atoms with Gasteiger partial charge in [-0.1, -0.05) is 12.1 Å². The molecule has 0 N–H and O–H groups in total. The molecular weight excluding hydrogens is 340 g/mol. The number of carbonyl (C=O) groups is 1. The molecule has 0 aliphatic heterocycles. The number of ether oxygens (including phenoxy) is 3. The van der Waals surface area contributed by atoms with Gasteiger partial charge in [0.25, 0.3) is 5.69 Å². The van der Waals surface area contributed by atoms with Crippen LogP contribution in [-0.2, 0) is 4.79 Å². The van der Waals surface area contributed by atoms with E-state index in [0.29, 0.717) is 17.1 Å². The van der Waals surface area contributed by atoms with Crippen LogP contribution in [0.15, 0.2) is 48.5 Å². The second-order valence-electron chi connectivity index (χ2n) is 4.87. The maximum atomic E-state index is 11.9. The predicted molar refractivity (Wildman–Crippen MR) is 91.9 cm³/mol. The molecule has 0 heterocycles. The first-order chi connectivity index (χ1) is 12.5. The minimum Gasteiger partial charge on any atom is -0.493 e. The van der Waals surface area contributed by atoms with Gasteiger partial charge in [0.1, 0.15) is 11.8 Å². The zero-order valence-corrected chi connectivity index (χ0v) is 13.7. The summed E-state index contributed by atoms with van der Waals surface area (Å²) in [7, 11) is 1.46. The Morgan fingerprint density at radius 1 is 1.27 bits per heavy atom. The molecule has 132 valence electrons. The van der Waals surface area contributed by atoms with E-state index >= 15 is 0 Å². The normalized spacial score (nSPS) is 10.2. The summed E-state index contributed by atoms with van der Waals surface area (Å²) in [6.07, 6.45) is 2.68. The number of methoxy groups -OCH3 is 1. The van der Waals surface area contributed by atoms with Gasteiger partial charge in [0.05, 0.1) is 18.1 Å². The van der Waals surface area contributed by atoms with E-state index in [-0.39, 0.29) is 18.0 Å². The number of hydrogen-bond donors (Lipinski definition) is 0. The molecule has 26 heavy (non-hydrogen) atoms. The van der Waals surface area contributed by atoms with Crippen LogP contribution in [0.2, 0.25) is 0 Å². The first kappa shape index (κ1) is 18.5. The van der Waals surface area contributed by atoms with Gasteiger partial charge in [0, 0.05) is 12.1 Å². The van der Waals surface area contributed by atoms with Crippen molar-refractivity contribution in [1.29, 1.82) is 5.26 Å². The minimum atomic E-state index is -0.686. The van der Waals surface area contributed by atoms with Crippen molar-refractivity contribution in [3.8, 4) is 23.3 Å². The molecule has 2 aromatic carbocycles. The van der Waals surface area contributed by atoms with Crippen molar-refractivity contribution in [2.75, 3.05) is 13.7 Å². The fraction of sp³-hybridized carbons (Fsp3) is 0.111. The summed E-state index contributed by atoms with van der Waals surface area (Å²) < 4.78 is 15.4. The molecule has 0 saturated heterocycles. The standard InChI is InChI=1S/C18H14N2O6/c1-24-17-11-13(5-7-16(17)25-10-9-19)6-8-18(21)26-15-4-2-3-14(12-15)20(22)23/h2-8,11-12H,10H2,1H3/b8-6+. The van der Waals surface area contributed by atoms with Gasteiger partial charge in [-0.2, -0.15) is 5.26 Å². The highest BCUT2D eigenvalue weighted by Gasteiger charge is 2.09. The smallest absolute Gasteiger partial charge is 0.336 e. The maximum Gasteiger partial charge on any atom is 0.336 e. The SMILES string of the molecule is COc1cc(/C=C/C(=O)Oc2cccc([N+](=O)[O-])c2)ccc1OCC#N. The number of nitrogens with zero attached hydrogens (tertiary/aromatic N) is 2. The molecule has 2 rings (SSSR count). The fourth-order valence-electron chi connectivity index (χ4n) is 1.99. The summed E-state index contributed by atoms with van der Waals surface area (Å²) >= 11 is 0. The van der Waals surface area contributed by atoms with Crippen molar-refractivity contribution in [2.24, 2.45) is 0 Å². The Balaban J connectivity index is 2.07. The predicted octanol–water partition coefficient (Wildman–Crippen LogP) is 3.12. The molecule has 2 aromatic rings. The molecule has 0 radical (unpaired) electrons. The van der Waals surface area contributed by atoms with E-state index in [1.165, 1.54) is 37.5 Å². The molecule has 0 aliphatic carbocycles. The van der Waals surface area contributed by atoms with Crippen molar-refractivity contribution in [3.05, 3.63) is 64.2 Å². The molecule has 0 aromatic heterocycles. The Morgan fingerprint density at radius 2 is 2.08 bits per heavy atom. The number of hydrogen-bond acceptors (Lipinski definition) is 7. The van der Waals surface area contributed by atoms with Crippen molar-refractivity contribution in [2.45, 2.75) is 0 Å². The molecule has 0 bridgehead atoms. The van der Waals surface area contributed by atoms with Gasteiger partial charge in [0.2, 0.25) is 0 Å². The number of benzene rings is 2. The summed E-state index contributed by atoms with van der Waals surface area (Å²) in [6.45, 7) is -0.110. The summed E-state index contributed by atoms with van der Waals surface area (Å²) in [5.74, 6) is 0.209. The zero-order chi connectivity index (χ0) is 18.9. The number of nitro groups is 1. The number of nitriles is 1. The third-order valence-electron chi connectivity index (χ3n) is 3.14. The van der Waals surface area contributed by atoms with Crippen LogP contribution in [0.4, 0.5) is 5.69 Å². The largest absolute Gasteiger partial charge is 0.493 e. The Labute approximate surface area is 149 Å². The zero-order valence-electron chi connectivity index (χ0n) is 13.7. The Kier molecular flexibility index (Phi) is 6.28. The fourth-order valence-corrected chi connectivity index (χ4v) is 1.99. The van der Waals surface area contributed by atoms with Crippen LogP contribution in [0.5, 0.6) is 17.2 Å². The monoisotopic (exact) mass is 354 g/mol. The van der Waals surface area contributed by atoms with Gasteiger partial charge in [-0.25, -0.2) is 4.79 Å². The third kappa shape index (κ3) is 5.07. The number of nitro benzene ring substituents is 1. The van der Waals surface area contributed by atoms with E-state index in [9.17, 15) is 14.9 Å². The highest BCUT2D eigenvalue weighted by atomic mass is 16.6. The van der Waals surface area contributed by atoms with Crippen LogP contribution in [0.25, 0.3) is 6.08 Å². The average Bonchev–Trinajstić information content (AvgIpc) is 2.65. The number of rotatable bonds is 7. The Bertz CT molecular complexity index is 885. The van der Waals surface area contributed by atoms with Crippen LogP contribution >= 0.6 is 0 Å². The summed E-state index contributed by atoms with van der Waals surface area (Å²) in [5.41, 5.74) is 0.471. The highest BCUT2D eigenvalue weighted by Crippen LogP contribution is 2.28. The molecule has 0 aliphatic rings. The number of carbonyl (C=O) groups excluding carboxylic acids is 1. The quantitative estimate of drug-likeness (QED) is 0.247. The topological polar surface area (TPSA) is 112 Å². The van der Waals surface area contributed by atoms with Gasteiger partial charge in [0.15, 0.2) is 18.1 Å². The molecule has 8 heteroatoms. The minimum absolute atomic E-state index is 0.0756. The summed E-state index contributed by atoms with van der Waals surface area (Å²) in [5, 5.41) is 19.3. The van der Waals surface area contributed by atoms with E-state index in [0.717, 1.165) is 6.07 Å². The Hall–Kier alpha value is -3.86. The first-order valence-corrected chi connectivity index (χ1v) is 7.35. The highest BCUT2D eigenvalue weighted by molar-refractivity contribution is 5.88. The summed E-state index contributed by atoms with van der Waals surface area (Å²) in [4.78, 5) is 22.0. The number of non-ortho nitro benzene ring substituents is 1. The Morgan fingerprint density at radius 3 is 2.77 bits per heavy atom. The lowest BCUT2D eigenvalue weighted by Gasteiger charge is -2.08. The van der Waals surface area contributed by atoms with Gasteiger partial charge in [-0.05, 0) is 29.8 Å². The van der Waals surface area contributed by atoms with E-state index in [1.54, 1.807) is 18.2 Å². The molecular formula is C18H14N2O6. The van der Waals surface area contributed by atoms with E-state index < -0.39 is 10.9 Å². The van der Waals surface area contributed by atoms with E-state index in [4.69, 9.17) is 19.5 Å². The average molecular weight is 354 g/mol. The molecule has 0 atom stereocenters.